The monoisotopic (exact) mass is 415 g/mol. The van der Waals surface area contributed by atoms with E-state index in [2.05, 4.69) is 27.9 Å². The number of halogens is 1. The van der Waals surface area contributed by atoms with Crippen LogP contribution in [0.25, 0.3) is 0 Å². The molecule has 2 aromatic rings. The predicted molar refractivity (Wildman–Crippen MR) is 116 cm³/mol. The molecule has 0 fully saturated rings. The number of anilines is 1. The Morgan fingerprint density at radius 3 is 2.62 bits per heavy atom. The Balaban J connectivity index is 1.69. The summed E-state index contributed by atoms with van der Waals surface area (Å²) in [6, 6.07) is 13.8. The summed E-state index contributed by atoms with van der Waals surface area (Å²) in [4.78, 5) is 28.7. The van der Waals surface area contributed by atoms with Crippen LogP contribution in [0.2, 0.25) is 5.02 Å². The molecule has 7 heteroatoms. The van der Waals surface area contributed by atoms with Crippen LogP contribution in [-0.2, 0) is 20.8 Å². The molecule has 0 aliphatic carbocycles. The highest BCUT2D eigenvalue weighted by Crippen LogP contribution is 2.27. The van der Waals surface area contributed by atoms with E-state index in [1.165, 1.54) is 5.56 Å². The number of carbonyl (C=O) groups excluding carboxylic acids is 2. The van der Waals surface area contributed by atoms with Crippen LogP contribution in [0.3, 0.4) is 0 Å². The molecule has 2 aromatic carbocycles. The Kier molecular flexibility index (Phi) is 8.68. The van der Waals surface area contributed by atoms with Crippen LogP contribution in [0.1, 0.15) is 30.0 Å². The molecule has 29 heavy (non-hydrogen) atoms. The highest BCUT2D eigenvalue weighted by Gasteiger charge is 2.10. The number of amides is 2. The van der Waals surface area contributed by atoms with Crippen molar-refractivity contribution < 1.29 is 14.4 Å². The lowest BCUT2D eigenvalue weighted by atomic mass is 10.1. The van der Waals surface area contributed by atoms with Gasteiger partial charge in [-0.1, -0.05) is 53.2 Å². The number of aryl methyl sites for hydroxylation is 3. The van der Waals surface area contributed by atoms with E-state index in [0.29, 0.717) is 10.7 Å². The van der Waals surface area contributed by atoms with Crippen molar-refractivity contribution in [1.29, 1.82) is 0 Å². The lowest BCUT2D eigenvalue weighted by Gasteiger charge is -2.13. The first-order valence-corrected chi connectivity index (χ1v) is 9.79. The van der Waals surface area contributed by atoms with Gasteiger partial charge in [0.1, 0.15) is 6.21 Å². The molecule has 154 valence electrons. The first-order valence-electron chi connectivity index (χ1n) is 9.41. The molecule has 2 rings (SSSR count). The van der Waals surface area contributed by atoms with Crippen LogP contribution in [0.5, 0.6) is 0 Å². The highest BCUT2D eigenvalue weighted by atomic mass is 35.5. The molecule has 2 amide bonds. The van der Waals surface area contributed by atoms with Gasteiger partial charge in [-0.25, -0.2) is 0 Å². The molecule has 0 bridgehead atoms. The van der Waals surface area contributed by atoms with Crippen LogP contribution in [-0.4, -0.2) is 30.7 Å². The molecule has 0 aliphatic heterocycles. The molecule has 0 spiro atoms. The average molecular weight is 416 g/mol. The van der Waals surface area contributed by atoms with Crippen molar-refractivity contribution in [2.75, 3.05) is 11.9 Å². The van der Waals surface area contributed by atoms with Crippen LogP contribution in [0.15, 0.2) is 47.6 Å². The molecule has 0 unspecified atom stereocenters. The first-order chi connectivity index (χ1) is 13.8. The van der Waals surface area contributed by atoms with Gasteiger partial charge in [0, 0.05) is 6.04 Å². The molecule has 0 aromatic heterocycles. The van der Waals surface area contributed by atoms with E-state index in [0.717, 1.165) is 30.2 Å². The van der Waals surface area contributed by atoms with Gasteiger partial charge in [-0.3, -0.25) is 9.59 Å². The summed E-state index contributed by atoms with van der Waals surface area (Å²) in [5, 5.41) is 9.50. The van der Waals surface area contributed by atoms with Gasteiger partial charge in [0.15, 0.2) is 6.61 Å². The van der Waals surface area contributed by atoms with E-state index in [9.17, 15) is 9.59 Å². The minimum Gasteiger partial charge on any atom is -0.386 e. The third-order valence-electron chi connectivity index (χ3n) is 4.24. The summed E-state index contributed by atoms with van der Waals surface area (Å²) in [5.41, 5.74) is 3.61. The summed E-state index contributed by atoms with van der Waals surface area (Å²) in [7, 11) is 0. The Morgan fingerprint density at radius 2 is 1.93 bits per heavy atom. The summed E-state index contributed by atoms with van der Waals surface area (Å²) >= 11 is 6.15. The van der Waals surface area contributed by atoms with Crippen molar-refractivity contribution in [2.24, 2.45) is 5.16 Å². The largest absolute Gasteiger partial charge is 0.386 e. The number of hydrogen-bond acceptors (Lipinski definition) is 4. The van der Waals surface area contributed by atoms with Crippen LogP contribution in [0, 0.1) is 13.8 Å². The maximum absolute atomic E-state index is 11.9. The number of hydrogen-bond donors (Lipinski definition) is 2. The Bertz CT molecular complexity index is 846. The van der Waals surface area contributed by atoms with Gasteiger partial charge in [0.2, 0.25) is 0 Å². The number of oxime groups is 1. The standard InChI is InChI=1S/C22H26ClN3O3/c1-15-11-16(2)22(19(23)12-15)26-20(27)13-24-29-14-21(28)25-17(3)9-10-18-7-5-4-6-8-18/h4-8,11-13,17H,9-10,14H2,1-3H3,(H,25,28)(H,26,27)/b24-13-/t17-/m0/s1. The summed E-state index contributed by atoms with van der Waals surface area (Å²) in [6.45, 7) is 5.45. The fraction of sp³-hybridized carbons (Fsp3) is 0.318. The molecule has 0 radical (unpaired) electrons. The van der Waals surface area contributed by atoms with E-state index in [1.807, 2.05) is 45.0 Å². The number of nitrogens with one attached hydrogen (secondary N) is 2. The van der Waals surface area contributed by atoms with Gasteiger partial charge in [0.25, 0.3) is 11.8 Å². The summed E-state index contributed by atoms with van der Waals surface area (Å²) in [6.07, 6.45) is 2.67. The van der Waals surface area contributed by atoms with Crippen molar-refractivity contribution in [3.05, 3.63) is 64.2 Å². The molecule has 1 atom stereocenters. The molecule has 0 saturated carbocycles. The van der Waals surface area contributed by atoms with Crippen molar-refractivity contribution in [3.63, 3.8) is 0 Å². The fourth-order valence-corrected chi connectivity index (χ4v) is 3.20. The maximum atomic E-state index is 11.9. The van der Waals surface area contributed by atoms with Gasteiger partial charge < -0.3 is 15.5 Å². The zero-order chi connectivity index (χ0) is 21.2. The van der Waals surface area contributed by atoms with Crippen molar-refractivity contribution in [2.45, 2.75) is 39.7 Å². The topological polar surface area (TPSA) is 79.8 Å². The van der Waals surface area contributed by atoms with Gasteiger partial charge in [-0.05, 0) is 56.4 Å². The second kappa shape index (κ2) is 11.2. The molecule has 0 saturated heterocycles. The van der Waals surface area contributed by atoms with Gasteiger partial charge >= 0.3 is 0 Å². The van der Waals surface area contributed by atoms with E-state index >= 15 is 0 Å². The average Bonchev–Trinajstić information content (AvgIpc) is 2.67. The SMILES string of the molecule is Cc1cc(C)c(NC(=O)/C=N\OCC(=O)N[C@@H](C)CCc2ccccc2)c(Cl)c1. The number of carbonyl (C=O) groups is 2. The van der Waals surface area contributed by atoms with Gasteiger partial charge in [0.05, 0.1) is 10.7 Å². The number of benzene rings is 2. The molecule has 6 nitrogen and oxygen atoms in total. The molecular weight excluding hydrogens is 390 g/mol. The lowest BCUT2D eigenvalue weighted by molar-refractivity contribution is -0.126. The molecule has 2 N–H and O–H groups in total. The second-order valence-corrected chi connectivity index (χ2v) is 7.34. The smallest absolute Gasteiger partial charge is 0.270 e. The minimum atomic E-state index is -0.490. The van der Waals surface area contributed by atoms with Crippen LogP contribution in [0.4, 0.5) is 5.69 Å². The maximum Gasteiger partial charge on any atom is 0.270 e. The summed E-state index contributed by atoms with van der Waals surface area (Å²) < 4.78 is 0. The van der Waals surface area contributed by atoms with E-state index in [1.54, 1.807) is 6.07 Å². The first kappa shape index (κ1) is 22.4. The quantitative estimate of drug-likeness (QED) is 0.479. The Labute approximate surface area is 176 Å². The highest BCUT2D eigenvalue weighted by molar-refractivity contribution is 6.37. The van der Waals surface area contributed by atoms with E-state index in [4.69, 9.17) is 16.4 Å². The normalized spacial score (nSPS) is 11.9. The second-order valence-electron chi connectivity index (χ2n) is 6.93. The fourth-order valence-electron chi connectivity index (χ4n) is 2.83. The lowest BCUT2D eigenvalue weighted by Crippen LogP contribution is -2.35. The molecular formula is C22H26ClN3O3. The minimum absolute atomic E-state index is 0.00485. The van der Waals surface area contributed by atoms with Crippen LogP contribution < -0.4 is 10.6 Å². The number of rotatable bonds is 9. The van der Waals surface area contributed by atoms with E-state index in [-0.39, 0.29) is 18.6 Å². The Morgan fingerprint density at radius 1 is 1.21 bits per heavy atom. The summed E-state index contributed by atoms with van der Waals surface area (Å²) in [5.74, 6) is -0.781. The Hall–Kier alpha value is -2.86. The van der Waals surface area contributed by atoms with Gasteiger partial charge in [-0.15, -0.1) is 0 Å². The third kappa shape index (κ3) is 7.95. The zero-order valence-corrected chi connectivity index (χ0v) is 17.6. The van der Waals surface area contributed by atoms with Crippen molar-refractivity contribution in [3.8, 4) is 0 Å². The van der Waals surface area contributed by atoms with Gasteiger partial charge in [-0.2, -0.15) is 0 Å². The third-order valence-corrected chi connectivity index (χ3v) is 4.53. The van der Waals surface area contributed by atoms with Crippen LogP contribution >= 0.6 is 11.6 Å². The number of nitrogens with zero attached hydrogens (tertiary/aromatic N) is 1. The van der Waals surface area contributed by atoms with Crippen molar-refractivity contribution in [1.82, 2.24) is 5.32 Å². The van der Waals surface area contributed by atoms with Crippen molar-refractivity contribution >= 4 is 35.3 Å². The predicted octanol–water partition coefficient (Wildman–Crippen LogP) is 4.04. The molecule has 0 aliphatic rings. The molecule has 0 heterocycles. The van der Waals surface area contributed by atoms with E-state index < -0.39 is 5.91 Å². The zero-order valence-electron chi connectivity index (χ0n) is 16.9.